The summed E-state index contributed by atoms with van der Waals surface area (Å²) in [5.41, 5.74) is 0. The smallest absolute Gasteiger partial charge is 0.222 e. The van der Waals surface area contributed by atoms with Crippen molar-refractivity contribution in [2.75, 3.05) is 26.2 Å². The van der Waals surface area contributed by atoms with Gasteiger partial charge in [0.25, 0.3) is 0 Å². The fourth-order valence-corrected chi connectivity index (χ4v) is 3.78. The van der Waals surface area contributed by atoms with Crippen LogP contribution in [-0.2, 0) is 9.59 Å². The van der Waals surface area contributed by atoms with Crippen molar-refractivity contribution in [3.8, 4) is 0 Å². The summed E-state index contributed by atoms with van der Waals surface area (Å²) in [5, 5.41) is 12.3. The highest BCUT2D eigenvalue weighted by Crippen LogP contribution is 2.28. The first kappa shape index (κ1) is 18.2. The summed E-state index contributed by atoms with van der Waals surface area (Å²) in [7, 11) is 0. The lowest BCUT2D eigenvalue weighted by atomic mass is 10.00. The van der Waals surface area contributed by atoms with Crippen LogP contribution >= 0.6 is 0 Å². The lowest BCUT2D eigenvalue weighted by Crippen LogP contribution is -2.35. The Hall–Kier alpha value is -1.10. The molecule has 2 N–H and O–H groups in total. The van der Waals surface area contributed by atoms with Crippen LogP contribution in [0.2, 0.25) is 0 Å². The third kappa shape index (κ3) is 6.50. The van der Waals surface area contributed by atoms with E-state index >= 15 is 0 Å². The van der Waals surface area contributed by atoms with Crippen molar-refractivity contribution >= 4 is 11.8 Å². The first-order valence-corrected chi connectivity index (χ1v) is 9.34. The van der Waals surface area contributed by atoms with Crippen LogP contribution in [0.25, 0.3) is 0 Å². The number of carbonyl (C=O) groups is 2. The Morgan fingerprint density at radius 1 is 1.09 bits per heavy atom. The van der Waals surface area contributed by atoms with Gasteiger partial charge < -0.3 is 15.3 Å². The van der Waals surface area contributed by atoms with Gasteiger partial charge in [0.05, 0.1) is 0 Å². The molecule has 0 spiro atoms. The molecule has 5 heteroatoms. The Labute approximate surface area is 139 Å². The molecule has 0 aromatic heterocycles. The average Bonchev–Trinajstić information content (AvgIpc) is 3.05. The largest absolute Gasteiger partial charge is 0.396 e. The number of rotatable bonds is 4. The molecule has 23 heavy (non-hydrogen) atoms. The zero-order chi connectivity index (χ0) is 16.5. The van der Waals surface area contributed by atoms with E-state index in [1.165, 1.54) is 25.7 Å². The molecule has 0 radical (unpaired) electrons. The van der Waals surface area contributed by atoms with E-state index in [1.54, 1.807) is 0 Å². The Balaban J connectivity index is 1.83. The van der Waals surface area contributed by atoms with Crippen LogP contribution in [0.15, 0.2) is 0 Å². The Morgan fingerprint density at radius 3 is 2.57 bits per heavy atom. The molecule has 0 aromatic rings. The van der Waals surface area contributed by atoms with Gasteiger partial charge in [0.2, 0.25) is 11.8 Å². The van der Waals surface area contributed by atoms with Gasteiger partial charge in [0.1, 0.15) is 0 Å². The maximum absolute atomic E-state index is 12.5. The maximum Gasteiger partial charge on any atom is 0.222 e. The lowest BCUT2D eigenvalue weighted by molar-refractivity contribution is -0.132. The van der Waals surface area contributed by atoms with Crippen LogP contribution in [0.5, 0.6) is 0 Å². The minimum atomic E-state index is 0.0113. The predicted molar refractivity (Wildman–Crippen MR) is 89.8 cm³/mol. The number of nitrogens with zero attached hydrogens (tertiary/aromatic N) is 1. The summed E-state index contributed by atoms with van der Waals surface area (Å²) in [5.74, 6) is 1.16. The van der Waals surface area contributed by atoms with Gasteiger partial charge in [-0.2, -0.15) is 0 Å². The molecule has 1 saturated carbocycles. The summed E-state index contributed by atoms with van der Waals surface area (Å²) in [6.07, 6.45) is 9.82. The van der Waals surface area contributed by atoms with Crippen molar-refractivity contribution in [2.45, 2.75) is 64.2 Å². The summed E-state index contributed by atoms with van der Waals surface area (Å²) < 4.78 is 0. The fraction of sp³-hybridized carbons (Fsp3) is 0.889. The Bertz CT molecular complexity index is 380. The molecular formula is C18H32N2O3. The minimum absolute atomic E-state index is 0.0113. The van der Waals surface area contributed by atoms with Crippen molar-refractivity contribution in [3.63, 3.8) is 0 Å². The van der Waals surface area contributed by atoms with Gasteiger partial charge in [0.15, 0.2) is 0 Å². The van der Waals surface area contributed by atoms with Gasteiger partial charge in [-0.05, 0) is 37.5 Å². The second-order valence-electron chi connectivity index (χ2n) is 7.15. The van der Waals surface area contributed by atoms with Crippen molar-refractivity contribution in [1.82, 2.24) is 10.2 Å². The first-order valence-electron chi connectivity index (χ1n) is 9.34. The number of aliphatic hydroxyl groups is 1. The fourth-order valence-electron chi connectivity index (χ4n) is 3.78. The quantitative estimate of drug-likeness (QED) is 0.832. The molecule has 5 nitrogen and oxygen atoms in total. The molecule has 0 bridgehead atoms. The monoisotopic (exact) mass is 324 g/mol. The maximum atomic E-state index is 12.5. The number of nitrogens with one attached hydrogen (secondary N) is 1. The van der Waals surface area contributed by atoms with E-state index in [4.69, 9.17) is 0 Å². The molecule has 2 rings (SSSR count). The predicted octanol–water partition coefficient (Wildman–Crippen LogP) is 2.08. The molecule has 1 heterocycles. The summed E-state index contributed by atoms with van der Waals surface area (Å²) in [6, 6.07) is 0. The third-order valence-corrected chi connectivity index (χ3v) is 5.38. The van der Waals surface area contributed by atoms with Crippen LogP contribution < -0.4 is 5.32 Å². The average molecular weight is 324 g/mol. The lowest BCUT2D eigenvalue weighted by Gasteiger charge is -2.23. The number of hydrogen-bond donors (Lipinski definition) is 2. The van der Waals surface area contributed by atoms with E-state index in [9.17, 15) is 14.7 Å². The molecule has 0 aromatic carbocycles. The number of carbonyl (C=O) groups excluding carboxylic acids is 2. The molecule has 2 fully saturated rings. The minimum Gasteiger partial charge on any atom is -0.396 e. The van der Waals surface area contributed by atoms with Crippen molar-refractivity contribution < 1.29 is 14.7 Å². The summed E-state index contributed by atoms with van der Waals surface area (Å²) >= 11 is 0. The standard InChI is InChI=1S/C18H32N2O3/c21-14-16-6-3-12-20(13-10-17(22)19-11-9-16)18(23)8-7-15-4-1-2-5-15/h15-16,21H,1-14H2,(H,19,22). The van der Waals surface area contributed by atoms with Crippen LogP contribution in [-0.4, -0.2) is 48.1 Å². The molecule has 1 atom stereocenters. The van der Waals surface area contributed by atoms with E-state index < -0.39 is 0 Å². The van der Waals surface area contributed by atoms with Crippen LogP contribution in [0.4, 0.5) is 0 Å². The highest BCUT2D eigenvalue weighted by Gasteiger charge is 2.20. The van der Waals surface area contributed by atoms with Crippen LogP contribution in [0, 0.1) is 11.8 Å². The van der Waals surface area contributed by atoms with E-state index in [0.29, 0.717) is 32.5 Å². The van der Waals surface area contributed by atoms with E-state index in [0.717, 1.165) is 31.6 Å². The SMILES string of the molecule is O=C1CCN(C(=O)CCC2CCCC2)CCCC(CO)CCN1. The zero-order valence-corrected chi connectivity index (χ0v) is 14.3. The van der Waals surface area contributed by atoms with Gasteiger partial charge in [-0.15, -0.1) is 0 Å². The van der Waals surface area contributed by atoms with Gasteiger partial charge in [-0.25, -0.2) is 0 Å². The molecule has 1 saturated heterocycles. The molecule has 132 valence electrons. The first-order chi connectivity index (χ1) is 11.2. The normalized spacial score (nSPS) is 25.0. The van der Waals surface area contributed by atoms with E-state index in [1.807, 2.05) is 4.90 Å². The zero-order valence-electron chi connectivity index (χ0n) is 14.3. The second kappa shape index (κ2) is 9.91. The van der Waals surface area contributed by atoms with Crippen molar-refractivity contribution in [2.24, 2.45) is 11.8 Å². The Morgan fingerprint density at radius 2 is 1.83 bits per heavy atom. The molecule has 2 amide bonds. The molecular weight excluding hydrogens is 292 g/mol. The highest BCUT2D eigenvalue weighted by atomic mass is 16.3. The van der Waals surface area contributed by atoms with E-state index in [2.05, 4.69) is 5.32 Å². The van der Waals surface area contributed by atoms with Crippen molar-refractivity contribution in [1.29, 1.82) is 0 Å². The number of hydrogen-bond acceptors (Lipinski definition) is 3. The molecule has 1 unspecified atom stereocenters. The van der Waals surface area contributed by atoms with Gasteiger partial charge >= 0.3 is 0 Å². The molecule has 2 aliphatic rings. The van der Waals surface area contributed by atoms with Crippen LogP contribution in [0.1, 0.15) is 64.2 Å². The number of aliphatic hydroxyl groups excluding tert-OH is 1. The topological polar surface area (TPSA) is 69.6 Å². The van der Waals surface area contributed by atoms with Gasteiger partial charge in [0, 0.05) is 39.1 Å². The van der Waals surface area contributed by atoms with Crippen LogP contribution in [0.3, 0.4) is 0 Å². The van der Waals surface area contributed by atoms with Gasteiger partial charge in [-0.3, -0.25) is 9.59 Å². The summed E-state index contributed by atoms with van der Waals surface area (Å²) in [4.78, 5) is 26.2. The molecule has 1 aliphatic carbocycles. The van der Waals surface area contributed by atoms with E-state index in [-0.39, 0.29) is 24.3 Å². The molecule has 1 aliphatic heterocycles. The Kier molecular flexibility index (Phi) is 7.86. The highest BCUT2D eigenvalue weighted by molar-refractivity contribution is 5.79. The van der Waals surface area contributed by atoms with Gasteiger partial charge in [-0.1, -0.05) is 25.7 Å². The number of amides is 2. The summed E-state index contributed by atoms with van der Waals surface area (Å²) in [6.45, 7) is 2.03. The third-order valence-electron chi connectivity index (χ3n) is 5.38. The van der Waals surface area contributed by atoms with Crippen molar-refractivity contribution in [3.05, 3.63) is 0 Å². The second-order valence-corrected chi connectivity index (χ2v) is 7.15.